The first-order chi connectivity index (χ1) is 10.7. The molecular weight excluding hydrogens is 284 g/mol. The average Bonchev–Trinajstić information content (AvgIpc) is 3.00. The quantitative estimate of drug-likeness (QED) is 0.922. The van der Waals surface area contributed by atoms with Crippen molar-refractivity contribution >= 4 is 5.91 Å². The molecule has 1 fully saturated rings. The summed E-state index contributed by atoms with van der Waals surface area (Å²) in [5, 5.41) is 2.79. The van der Waals surface area contributed by atoms with E-state index in [9.17, 15) is 4.79 Å². The summed E-state index contributed by atoms with van der Waals surface area (Å²) in [6.07, 6.45) is 5.05. The Bertz CT molecular complexity index is 650. The van der Waals surface area contributed by atoms with Crippen molar-refractivity contribution in [3.8, 4) is 0 Å². The minimum absolute atomic E-state index is 0.238. The number of amides is 1. The third kappa shape index (κ3) is 3.30. The van der Waals surface area contributed by atoms with Gasteiger partial charge in [0, 0.05) is 18.7 Å². The molecule has 1 saturated heterocycles. The highest BCUT2D eigenvalue weighted by Gasteiger charge is 2.19. The van der Waals surface area contributed by atoms with Gasteiger partial charge in [-0.25, -0.2) is 15.0 Å². The third-order valence-electron chi connectivity index (χ3n) is 3.65. The number of hydrogen-bond donors (Lipinski definition) is 1. The number of carbonyl (C=O) groups is 1. The second kappa shape index (κ2) is 6.65. The Morgan fingerprint density at radius 2 is 2.36 bits per heavy atom. The molecule has 0 aromatic carbocycles. The third-order valence-corrected chi connectivity index (χ3v) is 3.65. The minimum Gasteiger partial charge on any atom is -0.448 e. The zero-order valence-electron chi connectivity index (χ0n) is 12.4. The van der Waals surface area contributed by atoms with Gasteiger partial charge in [0.15, 0.2) is 12.1 Å². The predicted octanol–water partition coefficient (Wildman–Crippen LogP) is 1.60. The number of oxazole rings is 1. The van der Waals surface area contributed by atoms with Crippen molar-refractivity contribution in [3.63, 3.8) is 0 Å². The van der Waals surface area contributed by atoms with Gasteiger partial charge in [0.05, 0.1) is 18.8 Å². The van der Waals surface area contributed by atoms with Gasteiger partial charge in [0.25, 0.3) is 5.91 Å². The molecule has 0 spiro atoms. The first-order valence-corrected chi connectivity index (χ1v) is 7.32. The van der Waals surface area contributed by atoms with Crippen LogP contribution in [-0.2, 0) is 11.3 Å². The van der Waals surface area contributed by atoms with Crippen LogP contribution >= 0.6 is 0 Å². The van der Waals surface area contributed by atoms with E-state index in [1.807, 2.05) is 0 Å². The second-order valence-corrected chi connectivity index (χ2v) is 5.26. The first-order valence-electron chi connectivity index (χ1n) is 7.32. The van der Waals surface area contributed by atoms with Gasteiger partial charge >= 0.3 is 0 Å². The Labute approximate surface area is 128 Å². The molecule has 0 radical (unpaired) electrons. The van der Waals surface area contributed by atoms with Crippen LogP contribution in [0.3, 0.4) is 0 Å². The van der Waals surface area contributed by atoms with Gasteiger partial charge in [-0.2, -0.15) is 0 Å². The van der Waals surface area contributed by atoms with E-state index in [2.05, 4.69) is 20.3 Å². The molecule has 0 saturated carbocycles. The number of aryl methyl sites for hydroxylation is 1. The summed E-state index contributed by atoms with van der Waals surface area (Å²) in [4.78, 5) is 24.7. The largest absolute Gasteiger partial charge is 0.448 e. The maximum absolute atomic E-state index is 12.0. The Hall–Kier alpha value is -2.28. The maximum atomic E-state index is 12.0. The van der Waals surface area contributed by atoms with Crippen molar-refractivity contribution in [1.82, 2.24) is 20.3 Å². The molecule has 0 bridgehead atoms. The van der Waals surface area contributed by atoms with Crippen LogP contribution in [0.15, 0.2) is 23.1 Å². The van der Waals surface area contributed by atoms with Gasteiger partial charge in [-0.3, -0.25) is 4.79 Å². The van der Waals surface area contributed by atoms with Crippen LogP contribution in [-0.4, -0.2) is 34.1 Å². The van der Waals surface area contributed by atoms with Gasteiger partial charge < -0.3 is 14.5 Å². The van der Waals surface area contributed by atoms with Crippen LogP contribution in [0.4, 0.5) is 0 Å². The Morgan fingerprint density at radius 3 is 3.09 bits per heavy atom. The normalized spacial score (nSPS) is 18.1. The Balaban J connectivity index is 1.63. The molecule has 2 aromatic rings. The average molecular weight is 302 g/mol. The minimum atomic E-state index is -0.271. The fourth-order valence-corrected chi connectivity index (χ4v) is 2.43. The van der Waals surface area contributed by atoms with Crippen LogP contribution in [0.2, 0.25) is 0 Å². The lowest BCUT2D eigenvalue weighted by atomic mass is 10.0. The SMILES string of the molecule is Cc1ocnc1C(=O)NCc1ccnc([C@@H]2CCCOC2)n1. The Morgan fingerprint density at radius 1 is 1.45 bits per heavy atom. The Kier molecular flexibility index (Phi) is 4.43. The lowest BCUT2D eigenvalue weighted by Gasteiger charge is -2.20. The summed E-state index contributed by atoms with van der Waals surface area (Å²) in [5.41, 5.74) is 1.07. The van der Waals surface area contributed by atoms with Gasteiger partial charge in [-0.15, -0.1) is 0 Å². The number of nitrogens with zero attached hydrogens (tertiary/aromatic N) is 3. The number of rotatable bonds is 4. The molecule has 7 heteroatoms. The number of aromatic nitrogens is 3. The van der Waals surface area contributed by atoms with E-state index in [0.717, 1.165) is 31.0 Å². The van der Waals surface area contributed by atoms with Crippen molar-refractivity contribution in [2.75, 3.05) is 13.2 Å². The summed E-state index contributed by atoms with van der Waals surface area (Å²) in [6, 6.07) is 1.79. The molecule has 116 valence electrons. The zero-order valence-corrected chi connectivity index (χ0v) is 12.4. The van der Waals surface area contributed by atoms with Gasteiger partial charge in [-0.05, 0) is 25.8 Å². The highest BCUT2D eigenvalue weighted by molar-refractivity contribution is 5.92. The van der Waals surface area contributed by atoms with E-state index in [4.69, 9.17) is 9.15 Å². The number of carbonyl (C=O) groups excluding carboxylic acids is 1. The molecular formula is C15H18N4O3. The molecule has 22 heavy (non-hydrogen) atoms. The summed E-state index contributed by atoms with van der Waals surface area (Å²) in [7, 11) is 0. The lowest BCUT2D eigenvalue weighted by Crippen LogP contribution is -2.25. The number of hydrogen-bond acceptors (Lipinski definition) is 6. The van der Waals surface area contributed by atoms with E-state index in [-0.39, 0.29) is 11.8 Å². The smallest absolute Gasteiger partial charge is 0.273 e. The molecule has 1 amide bonds. The lowest BCUT2D eigenvalue weighted by molar-refractivity contribution is 0.0779. The van der Waals surface area contributed by atoms with Crippen molar-refractivity contribution in [1.29, 1.82) is 0 Å². The molecule has 3 heterocycles. The van der Waals surface area contributed by atoms with Crippen molar-refractivity contribution in [2.24, 2.45) is 0 Å². The van der Waals surface area contributed by atoms with Crippen LogP contribution in [0.5, 0.6) is 0 Å². The summed E-state index contributed by atoms with van der Waals surface area (Å²) in [5.74, 6) is 1.25. The highest BCUT2D eigenvalue weighted by Crippen LogP contribution is 2.22. The van der Waals surface area contributed by atoms with Crippen LogP contribution < -0.4 is 5.32 Å². The molecule has 2 aromatic heterocycles. The summed E-state index contributed by atoms with van der Waals surface area (Å²) >= 11 is 0. The van der Waals surface area contributed by atoms with Gasteiger partial charge in [0.1, 0.15) is 11.6 Å². The van der Waals surface area contributed by atoms with Gasteiger partial charge in [-0.1, -0.05) is 0 Å². The standard InChI is InChI=1S/C15H18N4O3/c1-10-13(18-9-22-10)15(20)17-7-12-4-5-16-14(19-12)11-3-2-6-21-8-11/h4-5,9,11H,2-3,6-8H2,1H3,(H,17,20)/t11-/m1/s1. The monoisotopic (exact) mass is 302 g/mol. The van der Waals surface area contributed by atoms with Crippen LogP contribution in [0, 0.1) is 6.92 Å². The van der Waals surface area contributed by atoms with E-state index in [0.29, 0.717) is 24.6 Å². The predicted molar refractivity (Wildman–Crippen MR) is 77.2 cm³/mol. The molecule has 1 aliphatic heterocycles. The van der Waals surface area contributed by atoms with Gasteiger partial charge in [0.2, 0.25) is 0 Å². The number of ether oxygens (including phenoxy) is 1. The van der Waals surface area contributed by atoms with E-state index < -0.39 is 0 Å². The van der Waals surface area contributed by atoms with Crippen molar-refractivity contribution in [3.05, 3.63) is 41.6 Å². The van der Waals surface area contributed by atoms with Crippen molar-refractivity contribution in [2.45, 2.75) is 32.2 Å². The first kappa shape index (κ1) is 14.6. The highest BCUT2D eigenvalue weighted by atomic mass is 16.5. The van der Waals surface area contributed by atoms with E-state index >= 15 is 0 Å². The molecule has 0 aliphatic carbocycles. The van der Waals surface area contributed by atoms with Crippen molar-refractivity contribution < 1.29 is 13.9 Å². The topological polar surface area (TPSA) is 90.1 Å². The number of nitrogens with one attached hydrogen (secondary N) is 1. The summed E-state index contributed by atoms with van der Waals surface area (Å²) in [6.45, 7) is 3.50. The second-order valence-electron chi connectivity index (χ2n) is 5.26. The van der Waals surface area contributed by atoms with Crippen LogP contribution in [0.25, 0.3) is 0 Å². The fraction of sp³-hybridized carbons (Fsp3) is 0.467. The molecule has 3 rings (SSSR count). The molecule has 1 aliphatic rings. The molecule has 7 nitrogen and oxygen atoms in total. The molecule has 1 atom stereocenters. The molecule has 1 N–H and O–H groups in total. The van der Waals surface area contributed by atoms with E-state index in [1.54, 1.807) is 19.2 Å². The maximum Gasteiger partial charge on any atom is 0.273 e. The van der Waals surface area contributed by atoms with Crippen LogP contribution in [0.1, 0.15) is 46.5 Å². The zero-order chi connectivity index (χ0) is 15.4. The molecule has 0 unspecified atom stereocenters. The fourth-order valence-electron chi connectivity index (χ4n) is 2.43. The van der Waals surface area contributed by atoms with E-state index in [1.165, 1.54) is 6.39 Å². The summed E-state index contributed by atoms with van der Waals surface area (Å²) < 4.78 is 10.5.